The highest BCUT2D eigenvalue weighted by atomic mass is 19.1. The van der Waals surface area contributed by atoms with Crippen molar-refractivity contribution in [3.63, 3.8) is 0 Å². The Labute approximate surface area is 151 Å². The number of fused-ring (bicyclic) bond motifs is 3. The summed E-state index contributed by atoms with van der Waals surface area (Å²) in [6, 6.07) is 15.9. The number of benzene rings is 3. The summed E-state index contributed by atoms with van der Waals surface area (Å²) in [5.74, 6) is -1.07. The summed E-state index contributed by atoms with van der Waals surface area (Å²) in [4.78, 5) is 0. The average molecular weight is 345 g/mol. The predicted octanol–water partition coefficient (Wildman–Crippen LogP) is 6.03. The molecule has 4 rings (SSSR count). The summed E-state index contributed by atoms with van der Waals surface area (Å²) in [5.41, 5.74) is 5.30. The van der Waals surface area contributed by atoms with E-state index >= 15 is 4.39 Å². The summed E-state index contributed by atoms with van der Waals surface area (Å²) < 4.78 is 30.0. The van der Waals surface area contributed by atoms with Gasteiger partial charge < -0.3 is 0 Å². The van der Waals surface area contributed by atoms with E-state index in [4.69, 9.17) is 5.26 Å². The fraction of sp³-hybridized carbons (Fsp3) is 0.174. The second kappa shape index (κ2) is 6.38. The van der Waals surface area contributed by atoms with Crippen molar-refractivity contribution < 1.29 is 8.78 Å². The molecule has 1 aliphatic carbocycles. The van der Waals surface area contributed by atoms with Gasteiger partial charge in [-0.05, 0) is 52.4 Å². The molecule has 3 aromatic rings. The van der Waals surface area contributed by atoms with E-state index in [-0.39, 0.29) is 5.56 Å². The smallest absolute Gasteiger partial charge is 0.138 e. The lowest BCUT2D eigenvalue weighted by Crippen LogP contribution is -1.97. The maximum atomic E-state index is 15.2. The first kappa shape index (κ1) is 16.5. The molecule has 0 bridgehead atoms. The molecule has 0 heterocycles. The van der Waals surface area contributed by atoms with Crippen LogP contribution in [0.4, 0.5) is 8.78 Å². The van der Waals surface area contributed by atoms with Crippen LogP contribution in [-0.2, 0) is 12.8 Å². The van der Waals surface area contributed by atoms with Gasteiger partial charge in [0.05, 0.1) is 17.2 Å². The maximum Gasteiger partial charge on any atom is 0.138 e. The molecule has 0 amide bonds. The van der Waals surface area contributed by atoms with Crippen LogP contribution in [0, 0.1) is 23.0 Å². The molecule has 0 spiro atoms. The van der Waals surface area contributed by atoms with Gasteiger partial charge in [-0.15, -0.1) is 0 Å². The Morgan fingerprint density at radius 1 is 1.00 bits per heavy atom. The second-order valence-electron chi connectivity index (χ2n) is 6.68. The van der Waals surface area contributed by atoms with Crippen LogP contribution in [-0.4, -0.2) is 0 Å². The Morgan fingerprint density at radius 2 is 1.77 bits per heavy atom. The Balaban J connectivity index is 1.82. The van der Waals surface area contributed by atoms with Crippen molar-refractivity contribution in [2.24, 2.45) is 0 Å². The molecule has 1 aliphatic rings. The number of hydrogen-bond donors (Lipinski definition) is 0. The topological polar surface area (TPSA) is 23.8 Å². The highest BCUT2D eigenvalue weighted by molar-refractivity contribution is 5.81. The van der Waals surface area contributed by atoms with E-state index < -0.39 is 11.6 Å². The summed E-state index contributed by atoms with van der Waals surface area (Å²) in [6.45, 7) is 2.13. The normalized spacial score (nSPS) is 11.8. The van der Waals surface area contributed by atoms with E-state index in [2.05, 4.69) is 13.0 Å². The van der Waals surface area contributed by atoms with Gasteiger partial charge >= 0.3 is 0 Å². The monoisotopic (exact) mass is 345 g/mol. The van der Waals surface area contributed by atoms with E-state index in [0.29, 0.717) is 28.7 Å². The number of halogens is 2. The Morgan fingerprint density at radius 3 is 2.46 bits per heavy atom. The number of rotatable bonds is 3. The molecule has 0 radical (unpaired) electrons. The standard InChI is InChI=1S/C23H17F2N/c1-2-3-14-6-9-18-17(10-14)11-20-19(18)12-21(24)22(23(20)25)16-7-4-15(13-26)5-8-16/h4-10,12H,2-3,11H2,1H3. The second-order valence-corrected chi connectivity index (χ2v) is 6.68. The van der Waals surface area contributed by atoms with Crippen molar-refractivity contribution in [2.75, 3.05) is 0 Å². The molecule has 1 nitrogen and oxygen atoms in total. The molecule has 0 unspecified atom stereocenters. The van der Waals surface area contributed by atoms with Crippen molar-refractivity contribution in [1.82, 2.24) is 0 Å². The predicted molar refractivity (Wildman–Crippen MR) is 98.7 cm³/mol. The minimum absolute atomic E-state index is 0.0187. The van der Waals surface area contributed by atoms with Gasteiger partial charge in [-0.3, -0.25) is 0 Å². The molecular formula is C23H17F2N. The van der Waals surface area contributed by atoms with Gasteiger partial charge in [0, 0.05) is 12.0 Å². The molecule has 3 heteroatoms. The lowest BCUT2D eigenvalue weighted by atomic mass is 9.96. The molecule has 0 saturated heterocycles. The maximum absolute atomic E-state index is 15.2. The number of aryl methyl sites for hydroxylation is 1. The van der Waals surface area contributed by atoms with Crippen LogP contribution in [0.1, 0.15) is 35.6 Å². The van der Waals surface area contributed by atoms with Crippen LogP contribution >= 0.6 is 0 Å². The Hall–Kier alpha value is -2.99. The minimum Gasteiger partial charge on any atom is -0.206 e. The largest absolute Gasteiger partial charge is 0.206 e. The first-order valence-electron chi connectivity index (χ1n) is 8.76. The summed E-state index contributed by atoms with van der Waals surface area (Å²) >= 11 is 0. The van der Waals surface area contributed by atoms with Gasteiger partial charge in [0.1, 0.15) is 11.6 Å². The first-order chi connectivity index (χ1) is 12.6. The van der Waals surface area contributed by atoms with Crippen LogP contribution in [0.2, 0.25) is 0 Å². The molecule has 0 aliphatic heterocycles. The number of nitriles is 1. The third-order valence-electron chi connectivity index (χ3n) is 4.99. The van der Waals surface area contributed by atoms with Gasteiger partial charge in [-0.2, -0.15) is 5.26 Å². The number of hydrogen-bond acceptors (Lipinski definition) is 1. The van der Waals surface area contributed by atoms with Crippen molar-refractivity contribution in [3.05, 3.63) is 82.4 Å². The molecule has 0 aromatic heterocycles. The molecular weight excluding hydrogens is 328 g/mol. The van der Waals surface area contributed by atoms with Crippen molar-refractivity contribution in [1.29, 1.82) is 5.26 Å². The SMILES string of the molecule is CCCc1ccc2c(c1)Cc1c-2cc(F)c(-c2ccc(C#N)cc2)c1F. The van der Waals surface area contributed by atoms with Crippen LogP contribution in [0.15, 0.2) is 48.5 Å². The molecule has 128 valence electrons. The highest BCUT2D eigenvalue weighted by Crippen LogP contribution is 2.42. The molecule has 3 aromatic carbocycles. The number of nitrogens with zero attached hydrogens (tertiary/aromatic N) is 1. The summed E-state index contributed by atoms with van der Waals surface area (Å²) in [5, 5.41) is 8.90. The van der Waals surface area contributed by atoms with E-state index in [1.54, 1.807) is 24.3 Å². The minimum atomic E-state index is -0.573. The average Bonchev–Trinajstić information content (AvgIpc) is 3.01. The zero-order valence-corrected chi connectivity index (χ0v) is 14.4. The van der Waals surface area contributed by atoms with E-state index in [0.717, 1.165) is 24.0 Å². The van der Waals surface area contributed by atoms with Crippen LogP contribution in [0.5, 0.6) is 0 Å². The van der Waals surface area contributed by atoms with E-state index in [1.165, 1.54) is 11.6 Å². The summed E-state index contributed by atoms with van der Waals surface area (Å²) in [6.07, 6.45) is 2.52. The molecule has 0 atom stereocenters. The zero-order chi connectivity index (χ0) is 18.3. The first-order valence-corrected chi connectivity index (χ1v) is 8.76. The van der Waals surface area contributed by atoms with E-state index in [1.807, 2.05) is 18.2 Å². The van der Waals surface area contributed by atoms with Crippen molar-refractivity contribution >= 4 is 0 Å². The molecule has 0 fully saturated rings. The van der Waals surface area contributed by atoms with Gasteiger partial charge in [0.25, 0.3) is 0 Å². The van der Waals surface area contributed by atoms with Crippen molar-refractivity contribution in [2.45, 2.75) is 26.2 Å². The molecule has 0 N–H and O–H groups in total. The van der Waals surface area contributed by atoms with Crippen LogP contribution < -0.4 is 0 Å². The van der Waals surface area contributed by atoms with E-state index in [9.17, 15) is 4.39 Å². The third kappa shape index (κ3) is 2.59. The van der Waals surface area contributed by atoms with Gasteiger partial charge in [-0.25, -0.2) is 8.78 Å². The fourth-order valence-electron chi connectivity index (χ4n) is 3.74. The summed E-state index contributed by atoms with van der Waals surface area (Å²) in [7, 11) is 0. The Kier molecular flexibility index (Phi) is 4.05. The van der Waals surface area contributed by atoms with Crippen LogP contribution in [0.3, 0.4) is 0 Å². The highest BCUT2D eigenvalue weighted by Gasteiger charge is 2.26. The molecule has 26 heavy (non-hydrogen) atoms. The Bertz CT molecular complexity index is 1040. The van der Waals surface area contributed by atoms with Gasteiger partial charge in [0.2, 0.25) is 0 Å². The fourth-order valence-corrected chi connectivity index (χ4v) is 3.74. The quantitative estimate of drug-likeness (QED) is 0.445. The van der Waals surface area contributed by atoms with Crippen molar-refractivity contribution in [3.8, 4) is 28.3 Å². The zero-order valence-electron chi connectivity index (χ0n) is 14.4. The van der Waals surface area contributed by atoms with Gasteiger partial charge in [-0.1, -0.05) is 43.7 Å². The van der Waals surface area contributed by atoms with Crippen LogP contribution in [0.25, 0.3) is 22.3 Å². The third-order valence-corrected chi connectivity index (χ3v) is 4.99. The van der Waals surface area contributed by atoms with Gasteiger partial charge in [0.15, 0.2) is 0 Å². The lowest BCUT2D eigenvalue weighted by molar-refractivity contribution is 0.583. The molecule has 0 saturated carbocycles. The lowest BCUT2D eigenvalue weighted by Gasteiger charge is -2.10.